The van der Waals surface area contributed by atoms with Crippen molar-refractivity contribution >= 4 is 17.4 Å². The number of carbonyl (C=O) groups excluding carboxylic acids is 1. The summed E-state index contributed by atoms with van der Waals surface area (Å²) in [7, 11) is 1.59. The molecule has 2 aromatic carbocycles. The number of anilines is 2. The molecule has 0 bridgehead atoms. The summed E-state index contributed by atoms with van der Waals surface area (Å²) in [5.74, 6) is 0.942. The highest BCUT2D eigenvalue weighted by Gasteiger charge is 2.09. The van der Waals surface area contributed by atoms with Gasteiger partial charge in [-0.15, -0.1) is 0 Å². The fourth-order valence-electron chi connectivity index (χ4n) is 2.35. The van der Waals surface area contributed by atoms with Gasteiger partial charge in [0.05, 0.1) is 19.3 Å². The van der Waals surface area contributed by atoms with E-state index in [1.165, 1.54) is 18.5 Å². The second-order valence-corrected chi connectivity index (χ2v) is 5.67. The van der Waals surface area contributed by atoms with Crippen LogP contribution in [0.4, 0.5) is 15.9 Å². The molecule has 0 saturated heterocycles. The van der Waals surface area contributed by atoms with Crippen LogP contribution in [0, 0.1) is 5.82 Å². The van der Waals surface area contributed by atoms with Crippen molar-refractivity contribution in [1.29, 1.82) is 0 Å². The molecule has 28 heavy (non-hydrogen) atoms. The molecule has 0 aliphatic carbocycles. The van der Waals surface area contributed by atoms with Crippen LogP contribution < -0.4 is 20.1 Å². The maximum Gasteiger partial charge on any atom is 0.270 e. The number of halogens is 1. The Balaban J connectivity index is 1.50. The first-order chi connectivity index (χ1) is 13.7. The van der Waals surface area contributed by atoms with Gasteiger partial charge in [0.1, 0.15) is 41.8 Å². The Kier molecular flexibility index (Phi) is 6.35. The van der Waals surface area contributed by atoms with Crippen LogP contribution in [0.3, 0.4) is 0 Å². The van der Waals surface area contributed by atoms with E-state index in [4.69, 9.17) is 9.47 Å². The van der Waals surface area contributed by atoms with Crippen LogP contribution in [-0.4, -0.2) is 36.1 Å². The van der Waals surface area contributed by atoms with Gasteiger partial charge in [0, 0.05) is 6.07 Å². The summed E-state index contributed by atoms with van der Waals surface area (Å²) >= 11 is 0. The first-order valence-corrected chi connectivity index (χ1v) is 8.54. The summed E-state index contributed by atoms with van der Waals surface area (Å²) in [6.45, 7) is 0.592. The number of carbonyl (C=O) groups is 1. The van der Waals surface area contributed by atoms with Gasteiger partial charge in [-0.1, -0.05) is 12.1 Å². The minimum absolute atomic E-state index is 0.165. The highest BCUT2D eigenvalue weighted by molar-refractivity contribution is 5.92. The van der Waals surface area contributed by atoms with E-state index >= 15 is 0 Å². The zero-order chi connectivity index (χ0) is 19.8. The van der Waals surface area contributed by atoms with Crippen LogP contribution in [0.1, 0.15) is 10.5 Å². The van der Waals surface area contributed by atoms with Gasteiger partial charge in [0.25, 0.3) is 5.91 Å². The maximum absolute atomic E-state index is 13.7. The monoisotopic (exact) mass is 382 g/mol. The van der Waals surface area contributed by atoms with Crippen molar-refractivity contribution in [2.24, 2.45) is 0 Å². The van der Waals surface area contributed by atoms with Crippen LogP contribution in [0.2, 0.25) is 0 Å². The largest absolute Gasteiger partial charge is 0.497 e. The molecule has 0 saturated carbocycles. The highest BCUT2D eigenvalue weighted by Crippen LogP contribution is 2.18. The van der Waals surface area contributed by atoms with Crippen LogP contribution in [0.25, 0.3) is 0 Å². The Morgan fingerprint density at radius 1 is 1.07 bits per heavy atom. The van der Waals surface area contributed by atoms with Gasteiger partial charge in [0.2, 0.25) is 0 Å². The minimum Gasteiger partial charge on any atom is -0.497 e. The molecule has 0 unspecified atom stereocenters. The van der Waals surface area contributed by atoms with Gasteiger partial charge < -0.3 is 20.1 Å². The average Bonchev–Trinajstić information content (AvgIpc) is 2.73. The molecule has 1 heterocycles. The lowest BCUT2D eigenvalue weighted by molar-refractivity contribution is 0.0942. The molecular weight excluding hydrogens is 363 g/mol. The van der Waals surface area contributed by atoms with Crippen molar-refractivity contribution in [2.45, 2.75) is 0 Å². The second-order valence-electron chi connectivity index (χ2n) is 5.67. The number of nitrogens with one attached hydrogen (secondary N) is 2. The number of ether oxygens (including phenoxy) is 2. The molecule has 0 spiro atoms. The summed E-state index contributed by atoms with van der Waals surface area (Å²) in [5.41, 5.74) is 0.429. The lowest BCUT2D eigenvalue weighted by Gasteiger charge is -2.09. The SMILES string of the molecule is COc1ccc(OCCNC(=O)c2cc(Nc3ccccc3F)ncn2)cc1. The molecule has 8 heteroatoms. The number of hydrogen-bond acceptors (Lipinski definition) is 6. The van der Waals surface area contributed by atoms with E-state index < -0.39 is 5.82 Å². The van der Waals surface area contributed by atoms with Crippen molar-refractivity contribution < 1.29 is 18.7 Å². The average molecular weight is 382 g/mol. The number of aromatic nitrogens is 2. The third kappa shape index (κ3) is 5.16. The third-order valence-electron chi connectivity index (χ3n) is 3.75. The molecule has 2 N–H and O–H groups in total. The summed E-state index contributed by atoms with van der Waals surface area (Å²) in [6, 6.07) is 14.8. The summed E-state index contributed by atoms with van der Waals surface area (Å²) < 4.78 is 24.3. The minimum atomic E-state index is -0.414. The third-order valence-corrected chi connectivity index (χ3v) is 3.75. The van der Waals surface area contributed by atoms with Gasteiger partial charge >= 0.3 is 0 Å². The van der Waals surface area contributed by atoms with Crippen molar-refractivity contribution in [3.05, 3.63) is 72.4 Å². The van der Waals surface area contributed by atoms with Gasteiger partial charge in [0.15, 0.2) is 0 Å². The van der Waals surface area contributed by atoms with Crippen molar-refractivity contribution in [2.75, 3.05) is 25.6 Å². The Bertz CT molecular complexity index is 935. The van der Waals surface area contributed by atoms with E-state index in [0.717, 1.165) is 5.75 Å². The van der Waals surface area contributed by atoms with E-state index in [9.17, 15) is 9.18 Å². The quantitative estimate of drug-likeness (QED) is 0.582. The first-order valence-electron chi connectivity index (χ1n) is 8.54. The van der Waals surface area contributed by atoms with E-state index in [1.807, 2.05) is 0 Å². The fourth-order valence-corrected chi connectivity index (χ4v) is 2.35. The predicted octanol–water partition coefficient (Wildman–Crippen LogP) is 3.18. The smallest absolute Gasteiger partial charge is 0.270 e. The van der Waals surface area contributed by atoms with E-state index in [0.29, 0.717) is 24.7 Å². The maximum atomic E-state index is 13.7. The van der Waals surface area contributed by atoms with Gasteiger partial charge in [-0.2, -0.15) is 0 Å². The molecule has 3 rings (SSSR count). The number of hydrogen-bond donors (Lipinski definition) is 2. The lowest BCUT2D eigenvalue weighted by Crippen LogP contribution is -2.28. The second kappa shape index (κ2) is 9.31. The van der Waals surface area contributed by atoms with Crippen LogP contribution in [-0.2, 0) is 0 Å². The number of amides is 1. The predicted molar refractivity (Wildman–Crippen MR) is 103 cm³/mol. The number of methoxy groups -OCH3 is 1. The molecule has 0 radical (unpaired) electrons. The first kappa shape index (κ1) is 19.1. The van der Waals surface area contributed by atoms with Crippen LogP contribution in [0.15, 0.2) is 60.9 Å². The Morgan fingerprint density at radius 2 is 1.82 bits per heavy atom. The fraction of sp³-hybridized carbons (Fsp3) is 0.150. The van der Waals surface area contributed by atoms with Crippen molar-refractivity contribution in [3.63, 3.8) is 0 Å². The van der Waals surface area contributed by atoms with E-state index in [-0.39, 0.29) is 17.3 Å². The van der Waals surface area contributed by atoms with Gasteiger partial charge in [-0.3, -0.25) is 4.79 Å². The molecule has 0 fully saturated rings. The molecule has 7 nitrogen and oxygen atoms in total. The lowest BCUT2D eigenvalue weighted by atomic mass is 10.3. The molecule has 1 aromatic heterocycles. The van der Waals surface area contributed by atoms with Crippen LogP contribution in [0.5, 0.6) is 11.5 Å². The normalized spacial score (nSPS) is 10.2. The van der Waals surface area contributed by atoms with Gasteiger partial charge in [-0.05, 0) is 36.4 Å². The highest BCUT2D eigenvalue weighted by atomic mass is 19.1. The molecular formula is C20H19FN4O3. The van der Waals surface area contributed by atoms with Crippen LogP contribution >= 0.6 is 0 Å². The summed E-state index contributed by atoms with van der Waals surface area (Å²) in [4.78, 5) is 20.2. The topological polar surface area (TPSA) is 85.4 Å². The molecule has 144 valence electrons. The Morgan fingerprint density at radius 3 is 2.57 bits per heavy atom. The molecule has 0 aliphatic heterocycles. The molecule has 3 aromatic rings. The number of rotatable bonds is 8. The van der Waals surface area contributed by atoms with Gasteiger partial charge in [-0.25, -0.2) is 14.4 Å². The number of para-hydroxylation sites is 1. The summed E-state index contributed by atoms with van der Waals surface area (Å²) in [6.07, 6.45) is 1.24. The molecule has 0 atom stereocenters. The van der Waals surface area contributed by atoms with Crippen molar-refractivity contribution in [3.8, 4) is 11.5 Å². The number of benzene rings is 2. The zero-order valence-electron chi connectivity index (χ0n) is 15.2. The standard InChI is InChI=1S/C20H19FN4O3/c1-27-14-6-8-15(9-7-14)28-11-10-22-20(26)18-12-19(24-13-23-18)25-17-5-3-2-4-16(17)21/h2-9,12-13H,10-11H2,1H3,(H,22,26)(H,23,24,25). The van der Waals surface area contributed by atoms with E-state index in [2.05, 4.69) is 20.6 Å². The summed E-state index contributed by atoms with van der Waals surface area (Å²) in [5, 5.41) is 5.54. The Labute approximate surface area is 161 Å². The molecule has 1 amide bonds. The zero-order valence-corrected chi connectivity index (χ0v) is 15.2. The Hall–Kier alpha value is -3.68. The van der Waals surface area contributed by atoms with Crippen molar-refractivity contribution in [1.82, 2.24) is 15.3 Å². The molecule has 0 aliphatic rings. The number of nitrogens with zero attached hydrogens (tertiary/aromatic N) is 2. The van der Waals surface area contributed by atoms with E-state index in [1.54, 1.807) is 49.6 Å².